The molecule has 0 aliphatic heterocycles. The molecule has 78 valence electrons. The zero-order valence-electron chi connectivity index (χ0n) is 8.04. The van der Waals surface area contributed by atoms with Crippen LogP contribution in [0.25, 0.3) is 0 Å². The van der Waals surface area contributed by atoms with E-state index >= 15 is 0 Å². The Kier molecular flexibility index (Phi) is 2.51. The van der Waals surface area contributed by atoms with Gasteiger partial charge in [-0.05, 0) is 6.42 Å². The lowest BCUT2D eigenvalue weighted by Crippen LogP contribution is -2.03. The van der Waals surface area contributed by atoms with Crippen LogP contribution in [0.5, 0.6) is 0 Å². The van der Waals surface area contributed by atoms with Crippen LogP contribution in [-0.2, 0) is 0 Å². The van der Waals surface area contributed by atoms with Gasteiger partial charge in [0.1, 0.15) is 0 Å². The highest BCUT2D eigenvalue weighted by Crippen LogP contribution is 2.34. The minimum absolute atomic E-state index is 0.0402. The number of nitrogens with zero attached hydrogens (tertiary/aromatic N) is 1. The molecule has 0 amide bonds. The molecule has 1 aromatic carbocycles. The maximum Gasteiger partial charge on any atom is 0.273 e. The molecular weight excluding hydrogens is 194 g/mol. The number of aliphatic hydroxyl groups is 1. The molecule has 0 bridgehead atoms. The van der Waals surface area contributed by atoms with Crippen LogP contribution < -0.4 is 0 Å². The molecule has 0 unspecified atom stereocenters. The van der Waals surface area contributed by atoms with Crippen molar-refractivity contribution in [1.82, 2.24) is 0 Å². The molecule has 2 atom stereocenters. The molecule has 0 aromatic heterocycles. The van der Waals surface area contributed by atoms with E-state index in [-0.39, 0.29) is 16.5 Å². The highest BCUT2D eigenvalue weighted by molar-refractivity contribution is 5.45. The van der Waals surface area contributed by atoms with Crippen molar-refractivity contribution >= 4 is 5.69 Å². The largest absolute Gasteiger partial charge is 0.389 e. The molecule has 0 spiro atoms. The van der Waals surface area contributed by atoms with E-state index in [1.165, 1.54) is 6.07 Å². The Morgan fingerprint density at radius 3 is 2.67 bits per heavy atom. The molecular formula is C11H11NO3. The van der Waals surface area contributed by atoms with Gasteiger partial charge in [0, 0.05) is 17.5 Å². The molecule has 0 saturated heterocycles. The number of benzene rings is 1. The van der Waals surface area contributed by atoms with Gasteiger partial charge >= 0.3 is 0 Å². The zero-order chi connectivity index (χ0) is 10.8. The summed E-state index contributed by atoms with van der Waals surface area (Å²) in [5.74, 6) is -0.0402. The molecule has 4 nitrogen and oxygen atoms in total. The second-order valence-corrected chi connectivity index (χ2v) is 3.61. The van der Waals surface area contributed by atoms with Gasteiger partial charge in [0.15, 0.2) is 0 Å². The van der Waals surface area contributed by atoms with Crippen molar-refractivity contribution in [3.8, 4) is 0 Å². The van der Waals surface area contributed by atoms with Crippen molar-refractivity contribution in [3.63, 3.8) is 0 Å². The highest BCUT2D eigenvalue weighted by atomic mass is 16.6. The Hall–Kier alpha value is -1.68. The normalized spacial score (nSPS) is 24.3. The topological polar surface area (TPSA) is 63.4 Å². The molecule has 0 fully saturated rings. The lowest BCUT2D eigenvalue weighted by atomic mass is 9.97. The first kappa shape index (κ1) is 9.86. The van der Waals surface area contributed by atoms with E-state index in [4.69, 9.17) is 0 Å². The van der Waals surface area contributed by atoms with E-state index in [1.54, 1.807) is 24.3 Å². The van der Waals surface area contributed by atoms with Gasteiger partial charge in [0.05, 0.1) is 11.0 Å². The standard InChI is InChI=1S/C11H11NO3/c13-9-6-5-8(7-9)10-3-1-2-4-11(10)12(14)15/h1-6,8-9,13H,7H2/t8-,9+/m0/s1. The number of rotatable bonds is 2. The minimum Gasteiger partial charge on any atom is -0.389 e. The first-order valence-corrected chi connectivity index (χ1v) is 4.78. The first-order valence-electron chi connectivity index (χ1n) is 4.78. The summed E-state index contributed by atoms with van der Waals surface area (Å²) in [7, 11) is 0. The Labute approximate surface area is 87.0 Å². The summed E-state index contributed by atoms with van der Waals surface area (Å²) in [6.45, 7) is 0. The van der Waals surface area contributed by atoms with E-state index in [9.17, 15) is 15.2 Å². The lowest BCUT2D eigenvalue weighted by Gasteiger charge is -2.09. The molecule has 0 heterocycles. The molecule has 2 rings (SSSR count). The maximum absolute atomic E-state index is 10.8. The van der Waals surface area contributed by atoms with E-state index in [0.29, 0.717) is 12.0 Å². The van der Waals surface area contributed by atoms with Crippen LogP contribution in [0.15, 0.2) is 36.4 Å². The molecule has 1 aliphatic carbocycles. The van der Waals surface area contributed by atoms with Gasteiger partial charge in [-0.3, -0.25) is 10.1 Å². The SMILES string of the molecule is O=[N+]([O-])c1ccccc1[C@H]1C=C[C@@H](O)C1. The summed E-state index contributed by atoms with van der Waals surface area (Å²) < 4.78 is 0. The minimum atomic E-state index is -0.477. The number of aliphatic hydroxyl groups excluding tert-OH is 1. The Bertz CT molecular complexity index is 414. The van der Waals surface area contributed by atoms with Crippen LogP contribution in [0.2, 0.25) is 0 Å². The predicted molar refractivity (Wildman–Crippen MR) is 55.6 cm³/mol. The third kappa shape index (κ3) is 1.89. The average Bonchev–Trinajstić information content (AvgIpc) is 2.65. The monoisotopic (exact) mass is 205 g/mol. The molecule has 1 aromatic rings. The molecule has 1 aliphatic rings. The summed E-state index contributed by atoms with van der Waals surface area (Å²) >= 11 is 0. The first-order chi connectivity index (χ1) is 7.18. The number of hydrogen-bond acceptors (Lipinski definition) is 3. The summed E-state index contributed by atoms with van der Waals surface area (Å²) in [6.07, 6.45) is 3.56. The Balaban J connectivity index is 2.36. The number of para-hydroxylation sites is 1. The van der Waals surface area contributed by atoms with Crippen LogP contribution in [-0.4, -0.2) is 16.1 Å². The quantitative estimate of drug-likeness (QED) is 0.456. The number of nitro benzene ring substituents is 1. The Morgan fingerprint density at radius 1 is 1.33 bits per heavy atom. The highest BCUT2D eigenvalue weighted by Gasteiger charge is 2.24. The van der Waals surface area contributed by atoms with Crippen molar-refractivity contribution in [2.24, 2.45) is 0 Å². The fraction of sp³-hybridized carbons (Fsp3) is 0.273. The molecule has 1 N–H and O–H groups in total. The maximum atomic E-state index is 10.8. The van der Waals surface area contributed by atoms with Crippen LogP contribution in [0, 0.1) is 10.1 Å². The third-order valence-corrected chi connectivity index (χ3v) is 2.59. The second kappa shape index (κ2) is 3.82. The van der Waals surface area contributed by atoms with Crippen LogP contribution >= 0.6 is 0 Å². The van der Waals surface area contributed by atoms with E-state index < -0.39 is 6.10 Å². The van der Waals surface area contributed by atoms with Gasteiger partial charge in [0.2, 0.25) is 0 Å². The van der Waals surface area contributed by atoms with Crippen molar-refractivity contribution in [2.75, 3.05) is 0 Å². The van der Waals surface area contributed by atoms with Gasteiger partial charge in [-0.25, -0.2) is 0 Å². The van der Waals surface area contributed by atoms with E-state index in [0.717, 1.165) is 0 Å². The zero-order valence-corrected chi connectivity index (χ0v) is 8.04. The van der Waals surface area contributed by atoms with Crippen molar-refractivity contribution in [2.45, 2.75) is 18.4 Å². The van der Waals surface area contributed by atoms with E-state index in [1.807, 2.05) is 6.08 Å². The van der Waals surface area contributed by atoms with Gasteiger partial charge in [0.25, 0.3) is 5.69 Å². The summed E-state index contributed by atoms with van der Waals surface area (Å²) in [5.41, 5.74) is 0.802. The van der Waals surface area contributed by atoms with Crippen molar-refractivity contribution in [3.05, 3.63) is 52.1 Å². The molecule has 15 heavy (non-hydrogen) atoms. The summed E-state index contributed by atoms with van der Waals surface area (Å²) in [6, 6.07) is 6.66. The number of allylic oxidation sites excluding steroid dienone is 1. The number of hydrogen-bond donors (Lipinski definition) is 1. The smallest absolute Gasteiger partial charge is 0.273 e. The van der Waals surface area contributed by atoms with Gasteiger partial charge < -0.3 is 5.11 Å². The van der Waals surface area contributed by atoms with Crippen molar-refractivity contribution in [1.29, 1.82) is 0 Å². The fourth-order valence-electron chi connectivity index (χ4n) is 1.88. The summed E-state index contributed by atoms with van der Waals surface area (Å²) in [4.78, 5) is 10.4. The van der Waals surface area contributed by atoms with E-state index in [2.05, 4.69) is 0 Å². The van der Waals surface area contributed by atoms with Crippen molar-refractivity contribution < 1.29 is 10.0 Å². The molecule has 4 heteroatoms. The third-order valence-electron chi connectivity index (χ3n) is 2.59. The van der Waals surface area contributed by atoms with Crippen LogP contribution in [0.4, 0.5) is 5.69 Å². The van der Waals surface area contributed by atoms with Gasteiger partial charge in [-0.15, -0.1) is 0 Å². The van der Waals surface area contributed by atoms with Gasteiger partial charge in [-0.1, -0.05) is 30.4 Å². The second-order valence-electron chi connectivity index (χ2n) is 3.61. The Morgan fingerprint density at radius 2 is 2.07 bits per heavy atom. The lowest BCUT2D eigenvalue weighted by molar-refractivity contribution is -0.385. The molecule has 0 saturated carbocycles. The summed E-state index contributed by atoms with van der Waals surface area (Å²) in [5, 5.41) is 20.1. The van der Waals surface area contributed by atoms with Crippen LogP contribution in [0.1, 0.15) is 17.9 Å². The van der Waals surface area contributed by atoms with Gasteiger partial charge in [-0.2, -0.15) is 0 Å². The van der Waals surface area contributed by atoms with Crippen LogP contribution in [0.3, 0.4) is 0 Å². The number of nitro groups is 1. The fourth-order valence-corrected chi connectivity index (χ4v) is 1.88. The molecule has 0 radical (unpaired) electrons. The predicted octanol–water partition coefficient (Wildman–Crippen LogP) is 2.00. The average molecular weight is 205 g/mol.